The predicted octanol–water partition coefficient (Wildman–Crippen LogP) is 2.51. The Morgan fingerprint density at radius 3 is 2.12 bits per heavy atom. The molecule has 0 aliphatic heterocycles. The van der Waals surface area contributed by atoms with Gasteiger partial charge in [-0.15, -0.1) is 0 Å². The lowest BCUT2D eigenvalue weighted by molar-refractivity contribution is -0.145. The van der Waals surface area contributed by atoms with E-state index in [9.17, 15) is 13.2 Å². The second-order valence-corrected chi connectivity index (χ2v) is 5.13. The molecule has 0 aliphatic carbocycles. The van der Waals surface area contributed by atoms with E-state index < -0.39 is 12.7 Å². The van der Waals surface area contributed by atoms with Gasteiger partial charge in [0.2, 0.25) is 0 Å². The third-order valence-electron chi connectivity index (χ3n) is 2.18. The lowest BCUT2D eigenvalue weighted by Crippen LogP contribution is -2.42. The highest BCUT2D eigenvalue weighted by Crippen LogP contribution is 2.20. The highest BCUT2D eigenvalue weighted by molar-refractivity contribution is 4.76. The lowest BCUT2D eigenvalue weighted by atomic mass is 9.92. The van der Waals surface area contributed by atoms with Crippen molar-refractivity contribution < 1.29 is 13.2 Å². The quantitative estimate of drug-likeness (QED) is 0.688. The Kier molecular flexibility index (Phi) is 6.33. The molecule has 0 fully saturated rings. The zero-order valence-corrected chi connectivity index (χ0v) is 10.6. The normalized spacial score (nSPS) is 13.5. The molecule has 0 aliphatic rings. The molecule has 0 aromatic heterocycles. The van der Waals surface area contributed by atoms with Crippen LogP contribution in [0.1, 0.15) is 27.2 Å². The van der Waals surface area contributed by atoms with Gasteiger partial charge in [-0.2, -0.15) is 13.2 Å². The molecule has 1 N–H and O–H groups in total. The van der Waals surface area contributed by atoms with Crippen LogP contribution in [0.25, 0.3) is 0 Å². The number of nitrogens with one attached hydrogen (secondary N) is 1. The van der Waals surface area contributed by atoms with Gasteiger partial charge in [0.1, 0.15) is 0 Å². The number of nitrogens with zero attached hydrogens (tertiary/aromatic N) is 1. The summed E-state index contributed by atoms with van der Waals surface area (Å²) in [6.07, 6.45) is -3.07. The van der Waals surface area contributed by atoms with Crippen molar-refractivity contribution in [3.05, 3.63) is 0 Å². The van der Waals surface area contributed by atoms with Crippen LogP contribution in [0, 0.1) is 5.41 Å². The summed E-state index contributed by atoms with van der Waals surface area (Å²) in [5.74, 6) is 0. The summed E-state index contributed by atoms with van der Waals surface area (Å²) in [4.78, 5) is 1.33. The van der Waals surface area contributed by atoms with E-state index in [1.807, 2.05) is 13.8 Å². The topological polar surface area (TPSA) is 15.3 Å². The Hall–Kier alpha value is -0.290. The first-order valence-electron chi connectivity index (χ1n) is 5.62. The summed E-state index contributed by atoms with van der Waals surface area (Å²) in [7, 11) is 1.51. The second kappa shape index (κ2) is 6.45. The minimum absolute atomic E-state index is 0.144. The molecule has 0 aromatic rings. The third-order valence-corrected chi connectivity index (χ3v) is 2.18. The van der Waals surface area contributed by atoms with Gasteiger partial charge in [-0.25, -0.2) is 0 Å². The fourth-order valence-corrected chi connectivity index (χ4v) is 1.75. The zero-order chi connectivity index (χ0) is 12.8. The summed E-state index contributed by atoms with van der Waals surface area (Å²) >= 11 is 0. The summed E-state index contributed by atoms with van der Waals surface area (Å²) in [6, 6.07) is 0. The van der Waals surface area contributed by atoms with Crippen LogP contribution < -0.4 is 5.32 Å². The molecule has 0 radical (unpaired) electrons. The van der Waals surface area contributed by atoms with E-state index in [0.29, 0.717) is 6.54 Å². The van der Waals surface area contributed by atoms with Gasteiger partial charge < -0.3 is 5.32 Å². The summed E-state index contributed by atoms with van der Waals surface area (Å²) in [6.45, 7) is 7.25. The molecule has 16 heavy (non-hydrogen) atoms. The molecule has 0 amide bonds. The van der Waals surface area contributed by atoms with Crippen molar-refractivity contribution in [2.24, 2.45) is 5.41 Å². The van der Waals surface area contributed by atoms with E-state index in [2.05, 4.69) is 12.2 Å². The molecule has 0 rings (SSSR count). The molecule has 0 heterocycles. The van der Waals surface area contributed by atoms with Crippen LogP contribution in [0.5, 0.6) is 0 Å². The maximum absolute atomic E-state index is 12.1. The highest BCUT2D eigenvalue weighted by Gasteiger charge is 2.31. The summed E-state index contributed by atoms with van der Waals surface area (Å²) in [5, 5.41) is 3.24. The fourth-order valence-electron chi connectivity index (χ4n) is 1.75. The Bertz CT molecular complexity index is 190. The number of alkyl halides is 3. The molecule has 0 atom stereocenters. The first-order chi connectivity index (χ1) is 7.16. The lowest BCUT2D eigenvalue weighted by Gasteiger charge is -2.31. The van der Waals surface area contributed by atoms with E-state index in [-0.39, 0.29) is 5.41 Å². The first kappa shape index (κ1) is 15.7. The van der Waals surface area contributed by atoms with Gasteiger partial charge in [0.25, 0.3) is 0 Å². The molecule has 98 valence electrons. The maximum Gasteiger partial charge on any atom is 0.401 e. The van der Waals surface area contributed by atoms with Crippen molar-refractivity contribution in [1.29, 1.82) is 0 Å². The van der Waals surface area contributed by atoms with Gasteiger partial charge in [-0.1, -0.05) is 20.8 Å². The molecular weight excluding hydrogens is 217 g/mol. The molecular formula is C11H23F3N2. The smallest absolute Gasteiger partial charge is 0.316 e. The minimum Gasteiger partial charge on any atom is -0.316 e. The maximum atomic E-state index is 12.1. The number of rotatable bonds is 7. The Balaban J connectivity index is 3.94. The van der Waals surface area contributed by atoms with Gasteiger partial charge >= 0.3 is 6.18 Å². The monoisotopic (exact) mass is 240 g/mol. The van der Waals surface area contributed by atoms with E-state index in [4.69, 9.17) is 0 Å². The molecule has 0 saturated carbocycles. The van der Waals surface area contributed by atoms with Gasteiger partial charge in [0.15, 0.2) is 0 Å². The summed E-state index contributed by atoms with van der Waals surface area (Å²) in [5.41, 5.74) is -0.144. The zero-order valence-electron chi connectivity index (χ0n) is 10.6. The van der Waals surface area contributed by atoms with Gasteiger partial charge in [-0.05, 0) is 25.4 Å². The van der Waals surface area contributed by atoms with Crippen LogP contribution in [-0.2, 0) is 0 Å². The third kappa shape index (κ3) is 8.97. The van der Waals surface area contributed by atoms with E-state index in [0.717, 1.165) is 19.5 Å². The Labute approximate surface area is 96.2 Å². The number of halogens is 3. The molecule has 0 aromatic carbocycles. The van der Waals surface area contributed by atoms with Crippen molar-refractivity contribution in [1.82, 2.24) is 10.2 Å². The van der Waals surface area contributed by atoms with E-state index in [1.54, 1.807) is 0 Å². The summed E-state index contributed by atoms with van der Waals surface area (Å²) < 4.78 is 36.4. The van der Waals surface area contributed by atoms with Crippen molar-refractivity contribution in [3.63, 3.8) is 0 Å². The van der Waals surface area contributed by atoms with E-state index >= 15 is 0 Å². The van der Waals surface area contributed by atoms with Gasteiger partial charge in [0, 0.05) is 13.1 Å². The first-order valence-corrected chi connectivity index (χ1v) is 5.62. The van der Waals surface area contributed by atoms with Crippen molar-refractivity contribution in [3.8, 4) is 0 Å². The van der Waals surface area contributed by atoms with E-state index in [1.165, 1.54) is 11.9 Å². The second-order valence-electron chi connectivity index (χ2n) is 5.13. The van der Waals surface area contributed by atoms with Crippen molar-refractivity contribution in [2.45, 2.75) is 33.4 Å². The van der Waals surface area contributed by atoms with Crippen LogP contribution >= 0.6 is 0 Å². The number of hydrogen-bond acceptors (Lipinski definition) is 2. The van der Waals surface area contributed by atoms with Crippen LogP contribution in [-0.4, -0.2) is 44.3 Å². The molecule has 5 heteroatoms. The van der Waals surface area contributed by atoms with Crippen molar-refractivity contribution >= 4 is 0 Å². The van der Waals surface area contributed by atoms with Crippen LogP contribution in [0.2, 0.25) is 0 Å². The van der Waals surface area contributed by atoms with Gasteiger partial charge in [-0.3, -0.25) is 4.90 Å². The molecule has 2 nitrogen and oxygen atoms in total. The number of hydrogen-bond donors (Lipinski definition) is 1. The highest BCUT2D eigenvalue weighted by atomic mass is 19.4. The fraction of sp³-hybridized carbons (Fsp3) is 1.00. The van der Waals surface area contributed by atoms with Gasteiger partial charge in [0.05, 0.1) is 6.54 Å². The molecule has 0 unspecified atom stereocenters. The Morgan fingerprint density at radius 2 is 1.69 bits per heavy atom. The average molecular weight is 240 g/mol. The predicted molar refractivity (Wildman–Crippen MR) is 60.5 cm³/mol. The average Bonchev–Trinajstić information content (AvgIpc) is 1.98. The standard InChI is InChI=1S/C11H23F3N2/c1-5-6-15-7-10(2,3)8-16(4)9-11(12,13)14/h15H,5-9H2,1-4H3. The minimum atomic E-state index is -4.11. The largest absolute Gasteiger partial charge is 0.401 e. The van der Waals surface area contributed by atoms with Crippen LogP contribution in [0.4, 0.5) is 13.2 Å². The Morgan fingerprint density at radius 1 is 1.12 bits per heavy atom. The van der Waals surface area contributed by atoms with Crippen molar-refractivity contribution in [2.75, 3.05) is 33.2 Å². The van der Waals surface area contributed by atoms with Crippen LogP contribution in [0.15, 0.2) is 0 Å². The SMILES string of the molecule is CCCNCC(C)(C)CN(C)CC(F)(F)F. The molecule has 0 bridgehead atoms. The van der Waals surface area contributed by atoms with Crippen LogP contribution in [0.3, 0.4) is 0 Å². The molecule has 0 spiro atoms. The molecule has 0 saturated heterocycles.